The number of para-hydroxylation sites is 1. The van der Waals surface area contributed by atoms with E-state index in [1.807, 2.05) is 0 Å². The summed E-state index contributed by atoms with van der Waals surface area (Å²) in [5.74, 6) is -0.882. The van der Waals surface area contributed by atoms with Crippen molar-refractivity contribution >= 4 is 28.8 Å². The van der Waals surface area contributed by atoms with Gasteiger partial charge in [-0.05, 0) is 24.3 Å². The minimum absolute atomic E-state index is 0.191. The first kappa shape index (κ1) is 14.1. The second-order valence-corrected chi connectivity index (χ2v) is 4.55. The van der Waals surface area contributed by atoms with E-state index in [2.05, 4.69) is 4.98 Å². The van der Waals surface area contributed by atoms with E-state index in [1.165, 1.54) is 36.3 Å². The zero-order valence-electron chi connectivity index (χ0n) is 10.7. The van der Waals surface area contributed by atoms with Gasteiger partial charge in [-0.25, -0.2) is 4.39 Å². The van der Waals surface area contributed by atoms with Crippen LogP contribution in [0.15, 0.2) is 42.6 Å². The molecule has 0 unspecified atom stereocenters. The van der Waals surface area contributed by atoms with Crippen molar-refractivity contribution in [3.63, 3.8) is 0 Å². The van der Waals surface area contributed by atoms with Gasteiger partial charge in [0, 0.05) is 18.8 Å². The van der Waals surface area contributed by atoms with Crippen LogP contribution < -0.4 is 10.6 Å². The van der Waals surface area contributed by atoms with Gasteiger partial charge >= 0.3 is 0 Å². The van der Waals surface area contributed by atoms with Gasteiger partial charge in [0.05, 0.1) is 5.69 Å². The van der Waals surface area contributed by atoms with Crippen LogP contribution in [0.1, 0.15) is 16.1 Å². The monoisotopic (exact) mass is 289 g/mol. The van der Waals surface area contributed by atoms with Crippen molar-refractivity contribution in [3.05, 3.63) is 59.7 Å². The van der Waals surface area contributed by atoms with Crippen LogP contribution >= 0.6 is 12.2 Å². The highest BCUT2D eigenvalue weighted by atomic mass is 32.1. The second-order valence-electron chi connectivity index (χ2n) is 4.11. The summed E-state index contributed by atoms with van der Waals surface area (Å²) in [7, 11) is 1.49. The van der Waals surface area contributed by atoms with Crippen molar-refractivity contribution in [1.82, 2.24) is 4.98 Å². The molecule has 102 valence electrons. The van der Waals surface area contributed by atoms with Crippen LogP contribution in [0.5, 0.6) is 0 Å². The first-order chi connectivity index (χ1) is 9.50. The molecule has 20 heavy (non-hydrogen) atoms. The number of amides is 1. The van der Waals surface area contributed by atoms with E-state index in [1.54, 1.807) is 18.2 Å². The maximum Gasteiger partial charge on any atom is 0.276 e. The Morgan fingerprint density at radius 1 is 1.30 bits per heavy atom. The fraction of sp³-hybridized carbons (Fsp3) is 0.0714. The summed E-state index contributed by atoms with van der Waals surface area (Å²) in [4.78, 5) is 17.6. The Labute approximate surface area is 121 Å². The van der Waals surface area contributed by atoms with E-state index in [9.17, 15) is 9.18 Å². The number of pyridine rings is 1. The minimum Gasteiger partial charge on any atom is -0.389 e. The number of hydrogen-bond donors (Lipinski definition) is 1. The van der Waals surface area contributed by atoms with Gasteiger partial charge in [0.1, 0.15) is 16.5 Å². The molecule has 0 atom stereocenters. The van der Waals surface area contributed by atoms with Gasteiger partial charge in [-0.3, -0.25) is 9.78 Å². The Kier molecular flexibility index (Phi) is 4.05. The van der Waals surface area contributed by atoms with Crippen molar-refractivity contribution in [2.24, 2.45) is 5.73 Å². The number of halogens is 1. The molecular formula is C14H12FN3OS. The Morgan fingerprint density at radius 3 is 2.55 bits per heavy atom. The zero-order valence-corrected chi connectivity index (χ0v) is 11.5. The predicted molar refractivity (Wildman–Crippen MR) is 79.3 cm³/mol. The highest BCUT2D eigenvalue weighted by Gasteiger charge is 2.17. The molecule has 0 spiro atoms. The number of benzene rings is 1. The number of thiocarbonyl (C=S) groups is 1. The maximum absolute atomic E-state index is 13.6. The molecule has 0 saturated carbocycles. The molecule has 0 aliphatic carbocycles. The third-order valence-electron chi connectivity index (χ3n) is 2.79. The lowest BCUT2D eigenvalue weighted by Gasteiger charge is -2.17. The van der Waals surface area contributed by atoms with Crippen molar-refractivity contribution in [1.29, 1.82) is 0 Å². The SMILES string of the molecule is CN(C(=O)c1ccc(C(N)=S)cn1)c1ccccc1F. The summed E-state index contributed by atoms with van der Waals surface area (Å²) >= 11 is 4.81. The number of aromatic nitrogens is 1. The molecule has 1 amide bonds. The van der Waals surface area contributed by atoms with Crippen molar-refractivity contribution in [3.8, 4) is 0 Å². The van der Waals surface area contributed by atoms with E-state index in [0.29, 0.717) is 5.56 Å². The molecule has 1 heterocycles. The average Bonchev–Trinajstić information content (AvgIpc) is 2.46. The molecule has 1 aromatic heterocycles. The fourth-order valence-electron chi connectivity index (χ4n) is 1.67. The van der Waals surface area contributed by atoms with Crippen LogP contribution in [0.4, 0.5) is 10.1 Å². The third-order valence-corrected chi connectivity index (χ3v) is 3.02. The quantitative estimate of drug-likeness (QED) is 0.879. The van der Waals surface area contributed by atoms with E-state index in [0.717, 1.165) is 0 Å². The highest BCUT2D eigenvalue weighted by molar-refractivity contribution is 7.80. The number of hydrogen-bond acceptors (Lipinski definition) is 3. The number of carbonyl (C=O) groups excluding carboxylic acids is 1. The molecule has 4 nitrogen and oxygen atoms in total. The molecule has 0 radical (unpaired) electrons. The van der Waals surface area contributed by atoms with E-state index in [-0.39, 0.29) is 16.4 Å². The second kappa shape index (κ2) is 5.75. The molecule has 1 aromatic carbocycles. The molecule has 0 aliphatic heterocycles. The molecule has 0 saturated heterocycles. The van der Waals surface area contributed by atoms with E-state index in [4.69, 9.17) is 18.0 Å². The summed E-state index contributed by atoms with van der Waals surface area (Å²) < 4.78 is 13.6. The fourth-order valence-corrected chi connectivity index (χ4v) is 1.79. The normalized spacial score (nSPS) is 10.1. The molecule has 6 heteroatoms. The molecular weight excluding hydrogens is 277 g/mol. The standard InChI is InChI=1S/C14H12FN3OS/c1-18(12-5-3-2-4-10(12)15)14(19)11-7-6-9(8-17-11)13(16)20/h2-8H,1H3,(H2,16,20). The van der Waals surface area contributed by atoms with Crippen LogP contribution in [-0.4, -0.2) is 22.9 Å². The van der Waals surface area contributed by atoms with Crippen LogP contribution in [0.2, 0.25) is 0 Å². The lowest BCUT2D eigenvalue weighted by atomic mass is 10.2. The molecule has 0 fully saturated rings. The van der Waals surface area contributed by atoms with Crippen LogP contribution in [0.25, 0.3) is 0 Å². The van der Waals surface area contributed by atoms with E-state index >= 15 is 0 Å². The lowest BCUT2D eigenvalue weighted by Crippen LogP contribution is -2.28. The number of rotatable bonds is 3. The Morgan fingerprint density at radius 2 is 2.00 bits per heavy atom. The first-order valence-corrected chi connectivity index (χ1v) is 6.20. The predicted octanol–water partition coefficient (Wildman–Crippen LogP) is 2.13. The van der Waals surface area contributed by atoms with Crippen LogP contribution in [-0.2, 0) is 0 Å². The highest BCUT2D eigenvalue weighted by Crippen LogP contribution is 2.18. The maximum atomic E-state index is 13.6. The Balaban J connectivity index is 2.27. The summed E-state index contributed by atoms with van der Waals surface area (Å²) in [5, 5.41) is 0. The van der Waals surface area contributed by atoms with Gasteiger partial charge < -0.3 is 10.6 Å². The van der Waals surface area contributed by atoms with Crippen LogP contribution in [0, 0.1) is 5.82 Å². The topological polar surface area (TPSA) is 59.2 Å². The summed E-state index contributed by atoms with van der Waals surface area (Å²) in [5.41, 5.74) is 6.41. The van der Waals surface area contributed by atoms with Crippen molar-refractivity contribution < 1.29 is 9.18 Å². The molecule has 2 N–H and O–H groups in total. The minimum atomic E-state index is -0.469. The number of anilines is 1. The Bertz CT molecular complexity index is 658. The number of nitrogens with two attached hydrogens (primary N) is 1. The lowest BCUT2D eigenvalue weighted by molar-refractivity contribution is 0.0987. The van der Waals surface area contributed by atoms with Gasteiger partial charge in [-0.2, -0.15) is 0 Å². The first-order valence-electron chi connectivity index (χ1n) is 5.79. The zero-order chi connectivity index (χ0) is 14.7. The Hall–Kier alpha value is -2.34. The molecule has 0 aliphatic rings. The van der Waals surface area contributed by atoms with E-state index < -0.39 is 11.7 Å². The molecule has 2 rings (SSSR count). The summed E-state index contributed by atoms with van der Waals surface area (Å²) in [6.07, 6.45) is 1.42. The molecule has 0 bridgehead atoms. The average molecular weight is 289 g/mol. The smallest absolute Gasteiger partial charge is 0.276 e. The number of nitrogens with zero attached hydrogens (tertiary/aromatic N) is 2. The van der Waals surface area contributed by atoms with Gasteiger partial charge in [-0.1, -0.05) is 24.4 Å². The largest absolute Gasteiger partial charge is 0.389 e. The number of carbonyl (C=O) groups is 1. The van der Waals surface area contributed by atoms with Gasteiger partial charge in [-0.15, -0.1) is 0 Å². The van der Waals surface area contributed by atoms with Crippen molar-refractivity contribution in [2.75, 3.05) is 11.9 Å². The van der Waals surface area contributed by atoms with Gasteiger partial charge in [0.25, 0.3) is 5.91 Å². The van der Waals surface area contributed by atoms with Gasteiger partial charge in [0.2, 0.25) is 0 Å². The summed E-state index contributed by atoms with van der Waals surface area (Å²) in [6.45, 7) is 0. The molecule has 2 aromatic rings. The van der Waals surface area contributed by atoms with Crippen LogP contribution in [0.3, 0.4) is 0 Å². The van der Waals surface area contributed by atoms with Crippen molar-refractivity contribution in [2.45, 2.75) is 0 Å². The van der Waals surface area contributed by atoms with Gasteiger partial charge in [0.15, 0.2) is 0 Å². The third kappa shape index (κ3) is 2.80. The summed E-state index contributed by atoms with van der Waals surface area (Å²) in [6, 6.07) is 9.16.